The Morgan fingerprint density at radius 2 is 1.89 bits per heavy atom. The molecule has 1 aromatic rings. The Kier molecular flexibility index (Phi) is 8.94. The lowest BCUT2D eigenvalue weighted by molar-refractivity contribution is -0.170. The van der Waals surface area contributed by atoms with Crippen molar-refractivity contribution in [3.63, 3.8) is 0 Å². The van der Waals surface area contributed by atoms with Crippen LogP contribution in [0.15, 0.2) is 24.0 Å². The fraction of sp³-hybridized carbons (Fsp3) is 0.567. The topological polar surface area (TPSA) is 210 Å². The number of rotatable bonds is 13. The number of carboxylic acids is 2. The van der Waals surface area contributed by atoms with Crippen molar-refractivity contribution < 1.29 is 58.2 Å². The van der Waals surface area contributed by atoms with E-state index < -0.39 is 59.5 Å². The number of nitrogens with one attached hydrogen (secondary N) is 2. The van der Waals surface area contributed by atoms with Gasteiger partial charge in [0, 0.05) is 30.9 Å². The molecule has 5 rings (SSSR count). The van der Waals surface area contributed by atoms with Crippen molar-refractivity contribution in [3.8, 4) is 11.5 Å². The summed E-state index contributed by atoms with van der Waals surface area (Å²) in [4.78, 5) is 61.6. The predicted octanol–water partition coefficient (Wildman–Crippen LogP) is 0.457. The first-order valence-electron chi connectivity index (χ1n) is 14.8. The SMILES string of the molecule is COc1ccc2c3c1O[C@H]1C(OC(=O)C(CCC(=O)O)NC(=O)OCCNC(=O)CCC(=O)O)=CC[C@@]4(O)[C@@H](C2)N(C)CC[C@]314. The molecule has 15 nitrogen and oxygen atoms in total. The third kappa shape index (κ3) is 5.77. The number of aliphatic carboxylic acids is 2. The minimum atomic E-state index is -1.40. The van der Waals surface area contributed by atoms with Gasteiger partial charge in [0.15, 0.2) is 17.6 Å². The quantitative estimate of drug-likeness (QED) is 0.148. The Balaban J connectivity index is 1.31. The molecule has 0 saturated carbocycles. The average Bonchev–Trinajstić information content (AvgIpc) is 3.35. The summed E-state index contributed by atoms with van der Waals surface area (Å²) in [6.45, 7) is 0.277. The number of alkyl carbamates (subject to hydrolysis) is 1. The first kappa shape index (κ1) is 32.0. The number of ether oxygens (including phenoxy) is 4. The minimum Gasteiger partial charge on any atom is -0.493 e. The molecule has 1 unspecified atom stereocenters. The Morgan fingerprint density at radius 3 is 2.60 bits per heavy atom. The molecule has 2 heterocycles. The second-order valence-electron chi connectivity index (χ2n) is 11.7. The molecule has 45 heavy (non-hydrogen) atoms. The van der Waals surface area contributed by atoms with E-state index in [1.807, 2.05) is 19.2 Å². The van der Waals surface area contributed by atoms with E-state index in [1.165, 1.54) is 7.11 Å². The van der Waals surface area contributed by atoms with Gasteiger partial charge in [-0.25, -0.2) is 9.59 Å². The summed E-state index contributed by atoms with van der Waals surface area (Å²) in [6, 6.07) is 2.18. The molecule has 2 bridgehead atoms. The van der Waals surface area contributed by atoms with E-state index in [-0.39, 0.29) is 50.6 Å². The van der Waals surface area contributed by atoms with E-state index in [9.17, 15) is 34.2 Å². The number of nitrogens with zero attached hydrogens (tertiary/aromatic N) is 1. The summed E-state index contributed by atoms with van der Waals surface area (Å²) in [5.41, 5.74) is -0.286. The monoisotopic (exact) mass is 631 g/mol. The molecule has 15 heteroatoms. The van der Waals surface area contributed by atoms with Gasteiger partial charge in [0.2, 0.25) is 5.91 Å². The largest absolute Gasteiger partial charge is 0.493 e. The number of benzene rings is 1. The summed E-state index contributed by atoms with van der Waals surface area (Å²) in [6.07, 6.45) is -0.336. The van der Waals surface area contributed by atoms with Crippen LogP contribution in [0.5, 0.6) is 11.5 Å². The first-order valence-corrected chi connectivity index (χ1v) is 14.8. The fourth-order valence-electron chi connectivity index (χ4n) is 7.12. The lowest BCUT2D eigenvalue weighted by Crippen LogP contribution is -2.74. The van der Waals surface area contributed by atoms with Crippen LogP contribution in [-0.4, -0.2) is 108 Å². The molecule has 2 aliphatic heterocycles. The zero-order chi connectivity index (χ0) is 32.5. The Labute approximate surface area is 258 Å². The number of esters is 1. The molecule has 5 N–H and O–H groups in total. The van der Waals surface area contributed by atoms with Crippen LogP contribution in [0.4, 0.5) is 4.79 Å². The van der Waals surface area contributed by atoms with Crippen LogP contribution in [0.2, 0.25) is 0 Å². The minimum absolute atomic E-state index is 0.102. The summed E-state index contributed by atoms with van der Waals surface area (Å²) < 4.78 is 22.9. The molecule has 244 valence electrons. The van der Waals surface area contributed by atoms with Crippen LogP contribution in [0.3, 0.4) is 0 Å². The van der Waals surface area contributed by atoms with Crippen LogP contribution in [0, 0.1) is 0 Å². The van der Waals surface area contributed by atoms with Gasteiger partial charge in [0.25, 0.3) is 0 Å². The maximum Gasteiger partial charge on any atom is 0.407 e. The summed E-state index contributed by atoms with van der Waals surface area (Å²) in [5.74, 6) is -2.65. The van der Waals surface area contributed by atoms with Crippen LogP contribution in [-0.2, 0) is 40.5 Å². The summed E-state index contributed by atoms with van der Waals surface area (Å²) >= 11 is 0. The highest BCUT2D eigenvalue weighted by Crippen LogP contribution is 2.65. The molecule has 5 atom stereocenters. The third-order valence-corrected chi connectivity index (χ3v) is 9.22. The molecule has 2 aliphatic carbocycles. The van der Waals surface area contributed by atoms with Crippen molar-refractivity contribution in [2.45, 2.75) is 74.1 Å². The van der Waals surface area contributed by atoms with E-state index >= 15 is 0 Å². The maximum atomic E-state index is 13.5. The number of amides is 2. The Bertz CT molecular complexity index is 1430. The van der Waals surface area contributed by atoms with E-state index in [1.54, 1.807) is 6.08 Å². The van der Waals surface area contributed by atoms with Gasteiger partial charge < -0.3 is 49.8 Å². The standard InChI is InChI=1S/C30H37N3O12/c1-33-13-11-29-24-16-3-5-18(42-2)25(24)45-26(29)19(9-10-30(29,41)20(33)15-16)44-27(39)17(4-7-22(35)36)32-28(40)43-14-12-31-21(34)6-8-23(37)38/h3,5,9,17,20,26,41H,4,6-8,10-15H2,1-2H3,(H,31,34)(H,32,40)(H,35,36)(H,37,38)/t17?,20-,26+,29+,30-/m1/s1. The van der Waals surface area contributed by atoms with Crippen molar-refractivity contribution in [2.75, 3.05) is 33.9 Å². The first-order chi connectivity index (χ1) is 21.4. The van der Waals surface area contributed by atoms with Crippen molar-refractivity contribution in [1.82, 2.24) is 15.5 Å². The van der Waals surface area contributed by atoms with E-state index in [0.29, 0.717) is 30.9 Å². The predicted molar refractivity (Wildman–Crippen MR) is 153 cm³/mol. The summed E-state index contributed by atoms with van der Waals surface area (Å²) in [7, 11) is 3.50. The maximum absolute atomic E-state index is 13.5. The normalized spacial score (nSPS) is 26.3. The van der Waals surface area contributed by atoms with Crippen LogP contribution in [0.25, 0.3) is 0 Å². The number of carbonyl (C=O) groups excluding carboxylic acids is 3. The van der Waals surface area contributed by atoms with E-state index in [4.69, 9.17) is 24.1 Å². The van der Waals surface area contributed by atoms with Gasteiger partial charge in [-0.2, -0.15) is 0 Å². The number of piperidine rings is 1. The van der Waals surface area contributed by atoms with Crippen LogP contribution in [0.1, 0.15) is 49.7 Å². The van der Waals surface area contributed by atoms with Crippen molar-refractivity contribution in [1.29, 1.82) is 0 Å². The van der Waals surface area contributed by atoms with E-state index in [0.717, 1.165) is 11.1 Å². The number of carbonyl (C=O) groups is 5. The molecule has 0 radical (unpaired) electrons. The third-order valence-electron chi connectivity index (χ3n) is 9.22. The smallest absolute Gasteiger partial charge is 0.407 e. The molecule has 1 saturated heterocycles. The van der Waals surface area contributed by atoms with Gasteiger partial charge in [-0.1, -0.05) is 6.07 Å². The van der Waals surface area contributed by atoms with Gasteiger partial charge in [0.05, 0.1) is 31.1 Å². The number of hydrogen-bond donors (Lipinski definition) is 5. The molecule has 0 aromatic heterocycles. The second-order valence-corrected chi connectivity index (χ2v) is 11.7. The fourth-order valence-corrected chi connectivity index (χ4v) is 7.12. The molecular formula is C30H37N3O12. The number of hydrogen-bond acceptors (Lipinski definition) is 11. The second kappa shape index (κ2) is 12.6. The number of likely N-dealkylation sites (N-methyl/N-ethyl adjacent to an activating group) is 1. The zero-order valence-electron chi connectivity index (χ0n) is 25.0. The van der Waals surface area contributed by atoms with Crippen molar-refractivity contribution in [2.24, 2.45) is 0 Å². The lowest BCUT2D eigenvalue weighted by atomic mass is 9.50. The summed E-state index contributed by atoms with van der Waals surface area (Å²) in [5, 5.41) is 34.9. The Morgan fingerprint density at radius 1 is 1.13 bits per heavy atom. The van der Waals surface area contributed by atoms with Crippen LogP contribution >= 0.6 is 0 Å². The molecule has 4 aliphatic rings. The number of aliphatic hydroxyl groups is 1. The highest BCUT2D eigenvalue weighted by Gasteiger charge is 2.72. The molecule has 1 fully saturated rings. The lowest BCUT2D eigenvalue weighted by Gasteiger charge is -2.61. The van der Waals surface area contributed by atoms with Gasteiger partial charge in [-0.05, 0) is 50.6 Å². The number of carboxylic acid groups (broad SMARTS) is 2. The van der Waals surface area contributed by atoms with E-state index in [2.05, 4.69) is 15.5 Å². The van der Waals surface area contributed by atoms with Crippen molar-refractivity contribution >= 4 is 29.9 Å². The highest BCUT2D eigenvalue weighted by molar-refractivity contribution is 5.83. The number of methoxy groups -OCH3 is 1. The highest BCUT2D eigenvalue weighted by atomic mass is 16.6. The van der Waals surface area contributed by atoms with Crippen molar-refractivity contribution in [3.05, 3.63) is 35.1 Å². The van der Waals surface area contributed by atoms with Gasteiger partial charge >= 0.3 is 24.0 Å². The Hall–Kier alpha value is -4.37. The van der Waals surface area contributed by atoms with Gasteiger partial charge in [-0.15, -0.1) is 0 Å². The van der Waals surface area contributed by atoms with Crippen LogP contribution < -0.4 is 20.1 Å². The molecule has 1 spiro atoms. The molecule has 2 amide bonds. The zero-order valence-corrected chi connectivity index (χ0v) is 25.0. The number of likely N-dealkylation sites (tertiary alicyclic amines) is 1. The molecule has 1 aromatic carbocycles. The van der Waals surface area contributed by atoms with Gasteiger partial charge in [-0.3, -0.25) is 14.4 Å². The van der Waals surface area contributed by atoms with Gasteiger partial charge in [0.1, 0.15) is 18.4 Å². The average molecular weight is 632 g/mol. The molecular weight excluding hydrogens is 594 g/mol.